The Morgan fingerprint density at radius 3 is 2.64 bits per heavy atom. The number of nitrogens with zero attached hydrogens (tertiary/aromatic N) is 3. The summed E-state index contributed by atoms with van der Waals surface area (Å²) in [7, 11) is 0. The standard InChI is InChI=1S/C19H22N4O2/c1-11-4-6-15(7-5-11)12(2)23-18-17(19(24)21-13(3)20-18)16(22-23)8-14-9-25-10-14/h4-7,12,14H,8-10H2,1-3H3,(H,20,21,24). The second kappa shape index (κ2) is 6.11. The maximum absolute atomic E-state index is 12.5. The third-order valence-electron chi connectivity index (χ3n) is 4.87. The van der Waals surface area contributed by atoms with Crippen molar-refractivity contribution >= 4 is 11.0 Å². The first-order chi connectivity index (χ1) is 12.0. The molecule has 0 amide bonds. The molecule has 1 saturated heterocycles. The van der Waals surface area contributed by atoms with Crippen molar-refractivity contribution in [3.63, 3.8) is 0 Å². The Balaban J connectivity index is 1.84. The van der Waals surface area contributed by atoms with Crippen molar-refractivity contribution in [2.24, 2.45) is 5.92 Å². The van der Waals surface area contributed by atoms with Crippen LogP contribution in [0.5, 0.6) is 0 Å². The zero-order chi connectivity index (χ0) is 17.6. The van der Waals surface area contributed by atoms with Crippen LogP contribution in [0.2, 0.25) is 0 Å². The minimum Gasteiger partial charge on any atom is -0.381 e. The highest BCUT2D eigenvalue weighted by atomic mass is 16.5. The average molecular weight is 338 g/mol. The number of nitrogens with one attached hydrogen (secondary N) is 1. The lowest BCUT2D eigenvalue weighted by Gasteiger charge is -2.24. The highest BCUT2D eigenvalue weighted by Crippen LogP contribution is 2.26. The molecule has 6 heteroatoms. The lowest BCUT2D eigenvalue weighted by atomic mass is 10.0. The van der Waals surface area contributed by atoms with E-state index in [4.69, 9.17) is 9.84 Å². The third kappa shape index (κ3) is 2.87. The maximum atomic E-state index is 12.5. The average Bonchev–Trinajstić information content (AvgIpc) is 2.89. The summed E-state index contributed by atoms with van der Waals surface area (Å²) in [5.41, 5.74) is 3.73. The van der Waals surface area contributed by atoms with Crippen LogP contribution >= 0.6 is 0 Å². The number of hydrogen-bond donors (Lipinski definition) is 1. The van der Waals surface area contributed by atoms with Gasteiger partial charge in [-0.2, -0.15) is 5.10 Å². The monoisotopic (exact) mass is 338 g/mol. The number of ether oxygens (including phenoxy) is 1. The summed E-state index contributed by atoms with van der Waals surface area (Å²) in [5.74, 6) is 1.04. The molecule has 130 valence electrons. The molecule has 1 aliphatic heterocycles. The van der Waals surface area contributed by atoms with Crippen molar-refractivity contribution in [3.8, 4) is 0 Å². The fourth-order valence-electron chi connectivity index (χ4n) is 3.30. The van der Waals surface area contributed by atoms with Gasteiger partial charge in [-0.25, -0.2) is 9.67 Å². The van der Waals surface area contributed by atoms with E-state index in [0.29, 0.717) is 22.8 Å². The molecule has 6 nitrogen and oxygen atoms in total. The SMILES string of the molecule is Cc1ccc(C(C)n2nc(CC3COC3)c3c(=O)[nH]c(C)nc32)cc1. The van der Waals surface area contributed by atoms with E-state index in [9.17, 15) is 4.79 Å². The van der Waals surface area contributed by atoms with Crippen LogP contribution in [-0.4, -0.2) is 33.0 Å². The Kier molecular flexibility index (Phi) is 3.92. The number of aromatic amines is 1. The van der Waals surface area contributed by atoms with Gasteiger partial charge in [-0.1, -0.05) is 29.8 Å². The molecule has 2 aromatic heterocycles. The molecule has 25 heavy (non-hydrogen) atoms. The molecule has 0 spiro atoms. The Morgan fingerprint density at radius 1 is 1.28 bits per heavy atom. The zero-order valence-corrected chi connectivity index (χ0v) is 14.7. The first kappa shape index (κ1) is 16.0. The van der Waals surface area contributed by atoms with Crippen LogP contribution in [0.25, 0.3) is 11.0 Å². The van der Waals surface area contributed by atoms with Gasteiger partial charge in [0.1, 0.15) is 11.2 Å². The molecular weight excluding hydrogens is 316 g/mol. The molecule has 1 N–H and O–H groups in total. The largest absolute Gasteiger partial charge is 0.381 e. The smallest absolute Gasteiger partial charge is 0.262 e. The van der Waals surface area contributed by atoms with E-state index < -0.39 is 0 Å². The summed E-state index contributed by atoms with van der Waals surface area (Å²) in [4.78, 5) is 19.9. The fraction of sp³-hybridized carbons (Fsp3) is 0.421. The molecule has 1 aromatic carbocycles. The van der Waals surface area contributed by atoms with Crippen molar-refractivity contribution in [2.75, 3.05) is 13.2 Å². The number of aryl methyl sites for hydroxylation is 2. The topological polar surface area (TPSA) is 72.8 Å². The number of rotatable bonds is 4. The van der Waals surface area contributed by atoms with Crippen molar-refractivity contribution < 1.29 is 4.74 Å². The minimum atomic E-state index is -0.111. The zero-order valence-electron chi connectivity index (χ0n) is 14.7. The van der Waals surface area contributed by atoms with E-state index in [-0.39, 0.29) is 11.6 Å². The molecule has 0 aliphatic carbocycles. The van der Waals surface area contributed by atoms with E-state index in [2.05, 4.69) is 48.1 Å². The maximum Gasteiger partial charge on any atom is 0.262 e. The summed E-state index contributed by atoms with van der Waals surface area (Å²) >= 11 is 0. The molecule has 1 atom stereocenters. The van der Waals surface area contributed by atoms with E-state index in [1.165, 1.54) is 5.56 Å². The third-order valence-corrected chi connectivity index (χ3v) is 4.87. The number of fused-ring (bicyclic) bond motifs is 1. The molecule has 0 bridgehead atoms. The quantitative estimate of drug-likeness (QED) is 0.793. The van der Waals surface area contributed by atoms with Gasteiger partial charge in [0.25, 0.3) is 5.56 Å². The van der Waals surface area contributed by atoms with Crippen molar-refractivity contribution in [1.82, 2.24) is 19.7 Å². The number of H-pyrrole nitrogens is 1. The predicted octanol–water partition coefficient (Wildman–Crippen LogP) is 2.53. The lowest BCUT2D eigenvalue weighted by Crippen LogP contribution is -2.29. The lowest BCUT2D eigenvalue weighted by molar-refractivity contribution is -0.0315. The molecule has 1 fully saturated rings. The molecule has 4 rings (SSSR count). The fourth-order valence-corrected chi connectivity index (χ4v) is 3.30. The molecule has 0 saturated carbocycles. The summed E-state index contributed by atoms with van der Waals surface area (Å²) in [5, 5.41) is 5.40. The van der Waals surface area contributed by atoms with Crippen LogP contribution in [0.1, 0.15) is 35.6 Å². The molecule has 1 aliphatic rings. The van der Waals surface area contributed by atoms with Crippen LogP contribution in [0.3, 0.4) is 0 Å². The summed E-state index contributed by atoms with van der Waals surface area (Å²) < 4.78 is 7.15. The highest BCUT2D eigenvalue weighted by molar-refractivity contribution is 5.77. The minimum absolute atomic E-state index is 0.00295. The van der Waals surface area contributed by atoms with Gasteiger partial charge in [-0.3, -0.25) is 4.79 Å². The second-order valence-electron chi connectivity index (χ2n) is 6.94. The van der Waals surface area contributed by atoms with Crippen LogP contribution in [0, 0.1) is 19.8 Å². The van der Waals surface area contributed by atoms with E-state index in [1.807, 2.05) is 4.68 Å². The van der Waals surface area contributed by atoms with Gasteiger partial charge >= 0.3 is 0 Å². The number of aromatic nitrogens is 4. The Hall–Kier alpha value is -2.47. The normalized spacial score (nSPS) is 16.1. The summed E-state index contributed by atoms with van der Waals surface area (Å²) in [6.07, 6.45) is 0.748. The van der Waals surface area contributed by atoms with Crippen LogP contribution in [0.4, 0.5) is 0 Å². The molecule has 1 unspecified atom stereocenters. The second-order valence-corrected chi connectivity index (χ2v) is 6.94. The molecule has 0 radical (unpaired) electrons. The van der Waals surface area contributed by atoms with Gasteiger partial charge < -0.3 is 9.72 Å². The number of benzene rings is 1. The first-order valence-electron chi connectivity index (χ1n) is 8.65. The molecule has 3 aromatic rings. The van der Waals surface area contributed by atoms with E-state index >= 15 is 0 Å². The summed E-state index contributed by atoms with van der Waals surface area (Å²) in [6.45, 7) is 7.43. The summed E-state index contributed by atoms with van der Waals surface area (Å²) in [6, 6.07) is 8.40. The van der Waals surface area contributed by atoms with Gasteiger partial charge in [-0.15, -0.1) is 0 Å². The van der Waals surface area contributed by atoms with Crippen LogP contribution in [0.15, 0.2) is 29.1 Å². The van der Waals surface area contributed by atoms with Gasteiger partial charge in [0, 0.05) is 5.92 Å². The molecular formula is C19H22N4O2. The Bertz CT molecular complexity index is 967. The Labute approximate surface area is 145 Å². The van der Waals surface area contributed by atoms with Gasteiger partial charge in [0.2, 0.25) is 0 Å². The highest BCUT2D eigenvalue weighted by Gasteiger charge is 2.25. The van der Waals surface area contributed by atoms with E-state index in [1.54, 1.807) is 6.92 Å². The van der Waals surface area contributed by atoms with Gasteiger partial charge in [-0.05, 0) is 32.8 Å². The first-order valence-corrected chi connectivity index (χ1v) is 8.65. The molecule has 3 heterocycles. The number of hydrogen-bond acceptors (Lipinski definition) is 4. The Morgan fingerprint density at radius 2 is 2.00 bits per heavy atom. The van der Waals surface area contributed by atoms with Gasteiger partial charge in [0.05, 0.1) is 24.9 Å². The van der Waals surface area contributed by atoms with Crippen LogP contribution in [-0.2, 0) is 11.2 Å². The van der Waals surface area contributed by atoms with Crippen molar-refractivity contribution in [3.05, 3.63) is 57.3 Å². The predicted molar refractivity (Wildman–Crippen MR) is 95.9 cm³/mol. The van der Waals surface area contributed by atoms with Crippen LogP contribution < -0.4 is 5.56 Å². The van der Waals surface area contributed by atoms with E-state index in [0.717, 1.165) is 30.9 Å². The van der Waals surface area contributed by atoms with Gasteiger partial charge in [0.15, 0.2) is 5.65 Å². The van der Waals surface area contributed by atoms with Crippen molar-refractivity contribution in [2.45, 2.75) is 33.2 Å². The van der Waals surface area contributed by atoms with Crippen molar-refractivity contribution in [1.29, 1.82) is 0 Å².